The van der Waals surface area contributed by atoms with Gasteiger partial charge < -0.3 is 15.0 Å². The summed E-state index contributed by atoms with van der Waals surface area (Å²) in [7, 11) is 2.13. The third-order valence-electron chi connectivity index (χ3n) is 1.92. The van der Waals surface area contributed by atoms with Crippen molar-refractivity contribution >= 4 is 0 Å². The Balaban J connectivity index is 3.05. The van der Waals surface area contributed by atoms with E-state index in [-0.39, 0.29) is 0 Å². The topological polar surface area (TPSA) is 24.5 Å². The Labute approximate surface area is 82.4 Å². The summed E-state index contributed by atoms with van der Waals surface area (Å²) in [6.45, 7) is 10.2. The first-order chi connectivity index (χ1) is 6.31. The maximum atomic E-state index is 5.27. The van der Waals surface area contributed by atoms with E-state index in [0.717, 1.165) is 39.4 Å². The van der Waals surface area contributed by atoms with Gasteiger partial charge >= 0.3 is 0 Å². The normalized spacial score (nSPS) is 11.1. The third-order valence-corrected chi connectivity index (χ3v) is 1.92. The predicted molar refractivity (Wildman–Crippen MR) is 57.2 cm³/mol. The zero-order valence-electron chi connectivity index (χ0n) is 9.31. The molecule has 0 saturated heterocycles. The molecule has 0 radical (unpaired) electrons. The molecule has 0 aromatic rings. The molecule has 0 spiro atoms. The van der Waals surface area contributed by atoms with Gasteiger partial charge in [0.05, 0.1) is 6.61 Å². The molecule has 0 aliphatic heterocycles. The molecule has 0 aromatic heterocycles. The van der Waals surface area contributed by atoms with Crippen LogP contribution in [0.1, 0.15) is 20.3 Å². The summed E-state index contributed by atoms with van der Waals surface area (Å²) in [6.07, 6.45) is 1.21. The highest BCUT2D eigenvalue weighted by molar-refractivity contribution is 4.53. The average Bonchev–Trinajstić information content (AvgIpc) is 2.13. The van der Waals surface area contributed by atoms with Gasteiger partial charge in [-0.15, -0.1) is 0 Å². The van der Waals surface area contributed by atoms with Crippen LogP contribution in [0.3, 0.4) is 0 Å². The summed E-state index contributed by atoms with van der Waals surface area (Å²) in [6, 6.07) is 0. The average molecular weight is 188 g/mol. The summed E-state index contributed by atoms with van der Waals surface area (Å²) in [5, 5.41) is 3.37. The second kappa shape index (κ2) is 9.96. The van der Waals surface area contributed by atoms with Gasteiger partial charge in [0.25, 0.3) is 0 Å². The van der Waals surface area contributed by atoms with Crippen LogP contribution in [-0.4, -0.2) is 51.3 Å². The van der Waals surface area contributed by atoms with E-state index in [4.69, 9.17) is 4.74 Å². The lowest BCUT2D eigenvalue weighted by Gasteiger charge is -2.16. The minimum Gasteiger partial charge on any atom is -0.380 e. The Morgan fingerprint density at radius 3 is 2.54 bits per heavy atom. The van der Waals surface area contributed by atoms with E-state index in [9.17, 15) is 0 Å². The van der Waals surface area contributed by atoms with Crippen molar-refractivity contribution < 1.29 is 4.74 Å². The standard InChI is InChI=1S/C10H24N2O/c1-4-6-11-7-8-12(3)9-10-13-5-2/h11H,4-10H2,1-3H3. The second-order valence-electron chi connectivity index (χ2n) is 3.25. The van der Waals surface area contributed by atoms with Crippen molar-refractivity contribution in [3.63, 3.8) is 0 Å². The van der Waals surface area contributed by atoms with Gasteiger partial charge in [0.1, 0.15) is 0 Å². The molecule has 0 bridgehead atoms. The molecule has 80 valence electrons. The zero-order chi connectivity index (χ0) is 9.94. The van der Waals surface area contributed by atoms with Crippen molar-refractivity contribution in [3.05, 3.63) is 0 Å². The van der Waals surface area contributed by atoms with Gasteiger partial charge in [0, 0.05) is 26.2 Å². The monoisotopic (exact) mass is 188 g/mol. The van der Waals surface area contributed by atoms with E-state index >= 15 is 0 Å². The molecule has 0 aromatic carbocycles. The van der Waals surface area contributed by atoms with Crippen LogP contribution < -0.4 is 5.32 Å². The van der Waals surface area contributed by atoms with Crippen LogP contribution in [0.4, 0.5) is 0 Å². The van der Waals surface area contributed by atoms with Crippen molar-refractivity contribution in [2.24, 2.45) is 0 Å². The minimum absolute atomic E-state index is 0.821. The molecule has 0 fully saturated rings. The minimum atomic E-state index is 0.821. The van der Waals surface area contributed by atoms with Crippen molar-refractivity contribution in [1.82, 2.24) is 10.2 Å². The Hall–Kier alpha value is -0.120. The number of rotatable bonds is 9. The molecule has 13 heavy (non-hydrogen) atoms. The highest BCUT2D eigenvalue weighted by atomic mass is 16.5. The fraction of sp³-hybridized carbons (Fsp3) is 1.00. The lowest BCUT2D eigenvalue weighted by atomic mass is 10.4. The van der Waals surface area contributed by atoms with Crippen LogP contribution in [-0.2, 0) is 4.74 Å². The van der Waals surface area contributed by atoms with Gasteiger partial charge in [-0.1, -0.05) is 6.92 Å². The van der Waals surface area contributed by atoms with Gasteiger partial charge in [-0.05, 0) is 26.9 Å². The molecule has 0 saturated carbocycles. The Morgan fingerprint density at radius 2 is 1.92 bits per heavy atom. The van der Waals surface area contributed by atoms with Crippen molar-refractivity contribution in [2.75, 3.05) is 46.4 Å². The van der Waals surface area contributed by atoms with Crippen LogP contribution in [0, 0.1) is 0 Å². The van der Waals surface area contributed by atoms with Crippen molar-refractivity contribution in [1.29, 1.82) is 0 Å². The van der Waals surface area contributed by atoms with Crippen LogP contribution in [0.15, 0.2) is 0 Å². The molecule has 0 rings (SSSR count). The van der Waals surface area contributed by atoms with Crippen LogP contribution >= 0.6 is 0 Å². The summed E-state index contributed by atoms with van der Waals surface area (Å²) < 4.78 is 5.27. The fourth-order valence-corrected chi connectivity index (χ4v) is 1.05. The molecule has 0 atom stereocenters. The zero-order valence-corrected chi connectivity index (χ0v) is 9.31. The first-order valence-corrected chi connectivity index (χ1v) is 5.28. The van der Waals surface area contributed by atoms with E-state index in [0.29, 0.717) is 0 Å². The van der Waals surface area contributed by atoms with E-state index in [1.54, 1.807) is 0 Å². The number of nitrogens with one attached hydrogen (secondary N) is 1. The lowest BCUT2D eigenvalue weighted by molar-refractivity contribution is 0.122. The summed E-state index contributed by atoms with van der Waals surface area (Å²) in [5.41, 5.74) is 0. The smallest absolute Gasteiger partial charge is 0.0593 e. The van der Waals surface area contributed by atoms with E-state index in [1.165, 1.54) is 6.42 Å². The predicted octanol–water partition coefficient (Wildman–Crippen LogP) is 0.954. The first kappa shape index (κ1) is 12.9. The quantitative estimate of drug-likeness (QED) is 0.545. The Kier molecular flexibility index (Phi) is 9.87. The highest BCUT2D eigenvalue weighted by Gasteiger charge is 1.96. The molecule has 0 aliphatic rings. The third kappa shape index (κ3) is 9.80. The number of hydrogen-bond acceptors (Lipinski definition) is 3. The van der Waals surface area contributed by atoms with Crippen LogP contribution in [0.25, 0.3) is 0 Å². The molecule has 0 heterocycles. The fourth-order valence-electron chi connectivity index (χ4n) is 1.05. The van der Waals surface area contributed by atoms with Crippen molar-refractivity contribution in [2.45, 2.75) is 20.3 Å². The summed E-state index contributed by atoms with van der Waals surface area (Å²) in [4.78, 5) is 2.29. The molecule has 0 unspecified atom stereocenters. The Bertz CT molecular complexity index is 98.9. The maximum Gasteiger partial charge on any atom is 0.0593 e. The van der Waals surface area contributed by atoms with E-state index in [2.05, 4.69) is 24.2 Å². The maximum absolute atomic E-state index is 5.27. The number of likely N-dealkylation sites (N-methyl/N-ethyl adjacent to an activating group) is 1. The summed E-state index contributed by atoms with van der Waals surface area (Å²) >= 11 is 0. The lowest BCUT2D eigenvalue weighted by Crippen LogP contribution is -2.31. The van der Waals surface area contributed by atoms with Gasteiger partial charge in [0.15, 0.2) is 0 Å². The van der Waals surface area contributed by atoms with Gasteiger partial charge in [0.2, 0.25) is 0 Å². The molecule has 1 N–H and O–H groups in total. The van der Waals surface area contributed by atoms with E-state index < -0.39 is 0 Å². The molecular weight excluding hydrogens is 164 g/mol. The molecule has 3 nitrogen and oxygen atoms in total. The molecule has 0 amide bonds. The first-order valence-electron chi connectivity index (χ1n) is 5.28. The van der Waals surface area contributed by atoms with Gasteiger partial charge in [-0.2, -0.15) is 0 Å². The van der Waals surface area contributed by atoms with E-state index in [1.807, 2.05) is 6.92 Å². The van der Waals surface area contributed by atoms with Crippen molar-refractivity contribution in [3.8, 4) is 0 Å². The summed E-state index contributed by atoms with van der Waals surface area (Å²) in [5.74, 6) is 0. The van der Waals surface area contributed by atoms with Crippen LogP contribution in [0.5, 0.6) is 0 Å². The van der Waals surface area contributed by atoms with Crippen LogP contribution in [0.2, 0.25) is 0 Å². The number of ether oxygens (including phenoxy) is 1. The number of nitrogens with zero attached hydrogens (tertiary/aromatic N) is 1. The molecule has 0 aliphatic carbocycles. The SMILES string of the molecule is CCCNCCN(C)CCOCC. The number of hydrogen-bond donors (Lipinski definition) is 1. The Morgan fingerprint density at radius 1 is 1.15 bits per heavy atom. The van der Waals surface area contributed by atoms with Gasteiger partial charge in [-0.3, -0.25) is 0 Å². The molecule has 3 heteroatoms. The largest absolute Gasteiger partial charge is 0.380 e. The highest BCUT2D eigenvalue weighted by Crippen LogP contribution is 1.82. The molecular formula is C10H24N2O. The second-order valence-corrected chi connectivity index (χ2v) is 3.25. The van der Waals surface area contributed by atoms with Gasteiger partial charge in [-0.25, -0.2) is 0 Å².